The Morgan fingerprint density at radius 1 is 0.605 bits per heavy atom. The number of rotatable bonds is 21. The summed E-state index contributed by atoms with van der Waals surface area (Å²) in [7, 11) is -1.92. The van der Waals surface area contributed by atoms with E-state index in [0.717, 1.165) is 48.9 Å². The van der Waals surface area contributed by atoms with Crippen molar-refractivity contribution in [1.82, 2.24) is 9.97 Å². The van der Waals surface area contributed by atoms with Gasteiger partial charge in [0.05, 0.1) is 25.6 Å². The lowest BCUT2D eigenvalue weighted by Gasteiger charge is -2.29. The normalized spacial score (nSPS) is 12.1. The van der Waals surface area contributed by atoms with E-state index in [0.29, 0.717) is 0 Å². The molecule has 0 aliphatic rings. The Hall–Kier alpha value is -1.67. The van der Waals surface area contributed by atoms with Crippen molar-refractivity contribution in [3.8, 4) is 22.9 Å². The van der Waals surface area contributed by atoms with Crippen LogP contribution in [-0.2, 0) is 0 Å². The zero-order valence-electron chi connectivity index (χ0n) is 25.5. The van der Waals surface area contributed by atoms with Gasteiger partial charge in [-0.05, 0) is 37.1 Å². The number of nitrogens with zero attached hydrogens (tertiary/aromatic N) is 2. The molecule has 214 valence electrons. The monoisotopic (exact) mass is 556 g/mol. The van der Waals surface area contributed by atoms with Crippen molar-refractivity contribution >= 4 is 16.1 Å². The highest BCUT2D eigenvalue weighted by atomic mass is 28.4. The van der Waals surface area contributed by atoms with Gasteiger partial charge in [-0.2, -0.15) is 0 Å². The van der Waals surface area contributed by atoms with Gasteiger partial charge in [0.25, 0.3) is 0 Å². The zero-order valence-corrected chi connectivity index (χ0v) is 27.5. The summed E-state index contributed by atoms with van der Waals surface area (Å²) in [4.78, 5) is 9.01. The summed E-state index contributed by atoms with van der Waals surface area (Å²) in [5, 5.41) is 0. The third-order valence-corrected chi connectivity index (χ3v) is 16.8. The molecule has 2 rings (SSSR count). The topological polar surface area (TPSA) is 44.2 Å². The molecule has 0 spiro atoms. The smallest absolute Gasteiger partial charge is 0.159 e. The number of benzene rings is 1. The summed E-state index contributed by atoms with van der Waals surface area (Å²) in [6.07, 6.45) is 19.1. The highest BCUT2D eigenvalue weighted by molar-refractivity contribution is 6.94. The molecule has 0 bridgehead atoms. The Bertz CT molecular complexity index is 865. The first kappa shape index (κ1) is 32.5. The summed E-state index contributed by atoms with van der Waals surface area (Å²) in [6.45, 7) is 16.5. The van der Waals surface area contributed by atoms with Gasteiger partial charge < -0.3 is 9.47 Å². The van der Waals surface area contributed by atoms with Gasteiger partial charge in [-0.3, -0.25) is 0 Å². The molecule has 0 aliphatic heterocycles. The van der Waals surface area contributed by atoms with Crippen molar-refractivity contribution in [2.24, 2.45) is 0 Å². The molecular weight excluding hydrogens is 501 g/mol. The molecule has 0 saturated heterocycles. The quantitative estimate of drug-likeness (QED) is 0.113. The molecule has 1 heterocycles. The van der Waals surface area contributed by atoms with Crippen LogP contribution in [-0.4, -0.2) is 39.3 Å². The van der Waals surface area contributed by atoms with Crippen molar-refractivity contribution in [3.63, 3.8) is 0 Å². The number of ether oxygens (including phenoxy) is 2. The first-order chi connectivity index (χ1) is 18.2. The fraction of sp³-hybridized carbons (Fsp3) is 0.688. The predicted octanol–water partition coefficient (Wildman–Crippen LogP) is 10.2. The second-order valence-corrected chi connectivity index (χ2v) is 24.4. The Labute approximate surface area is 236 Å². The van der Waals surface area contributed by atoms with Gasteiger partial charge in [0.2, 0.25) is 0 Å². The van der Waals surface area contributed by atoms with Gasteiger partial charge in [0.1, 0.15) is 5.75 Å². The van der Waals surface area contributed by atoms with Crippen LogP contribution in [0, 0.1) is 0 Å². The Morgan fingerprint density at radius 3 is 1.66 bits per heavy atom. The average Bonchev–Trinajstić information content (AvgIpc) is 2.86. The van der Waals surface area contributed by atoms with Crippen LogP contribution in [0.5, 0.6) is 11.5 Å². The molecule has 1 aromatic carbocycles. The standard InChI is InChI=1S/C32H56N2O2Si2/c1-7-8-9-10-11-12-13-16-24-36-31-26-33-32(34-27-31)29-19-21-30(22-20-29)35-23-17-14-15-18-25-38(5,6)28-37(2,3)4/h19-22,26-27H,7-18,23-25,28H2,1-6H3. The lowest BCUT2D eigenvalue weighted by molar-refractivity contribution is 0.302. The lowest BCUT2D eigenvalue weighted by Crippen LogP contribution is -2.37. The Balaban J connectivity index is 1.58. The fourth-order valence-electron chi connectivity index (χ4n) is 5.44. The first-order valence-electron chi connectivity index (χ1n) is 15.4. The van der Waals surface area contributed by atoms with E-state index in [1.54, 1.807) is 18.1 Å². The highest BCUT2D eigenvalue weighted by Crippen LogP contribution is 2.26. The van der Waals surface area contributed by atoms with E-state index in [1.165, 1.54) is 70.3 Å². The molecular formula is C32H56N2O2Si2. The van der Waals surface area contributed by atoms with E-state index in [4.69, 9.17) is 9.47 Å². The molecule has 38 heavy (non-hydrogen) atoms. The summed E-state index contributed by atoms with van der Waals surface area (Å²) in [6, 6.07) is 9.60. The average molecular weight is 557 g/mol. The van der Waals surface area contributed by atoms with Gasteiger partial charge >= 0.3 is 0 Å². The van der Waals surface area contributed by atoms with E-state index in [1.807, 2.05) is 24.3 Å². The van der Waals surface area contributed by atoms with Crippen LogP contribution in [0.25, 0.3) is 11.4 Å². The van der Waals surface area contributed by atoms with Gasteiger partial charge in [-0.1, -0.05) is 116 Å². The molecule has 6 heteroatoms. The van der Waals surface area contributed by atoms with Crippen LogP contribution in [0.1, 0.15) is 84.0 Å². The number of aromatic nitrogens is 2. The molecule has 0 aliphatic carbocycles. The second kappa shape index (κ2) is 17.8. The van der Waals surface area contributed by atoms with Crippen LogP contribution >= 0.6 is 0 Å². The molecule has 0 atom stereocenters. The SMILES string of the molecule is CCCCCCCCCCOc1cnc(-c2ccc(OCCCCCC[Si](C)(C)C[Si](C)(C)C)cc2)nc1. The van der Waals surface area contributed by atoms with Gasteiger partial charge in [0, 0.05) is 21.7 Å². The third kappa shape index (κ3) is 15.1. The number of hydrogen-bond donors (Lipinski definition) is 0. The Kier molecular flexibility index (Phi) is 15.3. The van der Waals surface area contributed by atoms with E-state index < -0.39 is 16.1 Å². The zero-order chi connectivity index (χ0) is 27.7. The van der Waals surface area contributed by atoms with Crippen molar-refractivity contribution in [1.29, 1.82) is 0 Å². The molecule has 0 amide bonds. The molecule has 4 nitrogen and oxygen atoms in total. The van der Waals surface area contributed by atoms with Crippen molar-refractivity contribution in [2.45, 2.75) is 128 Å². The molecule has 0 unspecified atom stereocenters. The molecule has 0 radical (unpaired) electrons. The van der Waals surface area contributed by atoms with E-state index in [9.17, 15) is 0 Å². The van der Waals surface area contributed by atoms with Crippen molar-refractivity contribution in [2.75, 3.05) is 13.2 Å². The molecule has 1 aromatic heterocycles. The maximum Gasteiger partial charge on any atom is 0.159 e. The summed E-state index contributed by atoms with van der Waals surface area (Å²) < 4.78 is 11.8. The predicted molar refractivity (Wildman–Crippen MR) is 170 cm³/mol. The van der Waals surface area contributed by atoms with Crippen LogP contribution in [0.4, 0.5) is 0 Å². The fourth-order valence-corrected chi connectivity index (χ4v) is 18.8. The van der Waals surface area contributed by atoms with E-state index >= 15 is 0 Å². The first-order valence-corrected chi connectivity index (χ1v) is 22.5. The van der Waals surface area contributed by atoms with Crippen LogP contribution in [0.2, 0.25) is 44.4 Å². The molecule has 0 N–H and O–H groups in total. The minimum Gasteiger partial charge on any atom is -0.494 e. The van der Waals surface area contributed by atoms with Gasteiger partial charge in [0.15, 0.2) is 11.6 Å². The number of unbranched alkanes of at least 4 members (excludes halogenated alkanes) is 10. The molecule has 0 saturated carbocycles. The minimum atomic E-state index is -0.999. The number of hydrogen-bond acceptors (Lipinski definition) is 4. The third-order valence-electron chi connectivity index (χ3n) is 7.03. The lowest BCUT2D eigenvalue weighted by atomic mass is 10.1. The van der Waals surface area contributed by atoms with E-state index in [-0.39, 0.29) is 0 Å². The maximum atomic E-state index is 5.98. The maximum absolute atomic E-state index is 5.98. The van der Waals surface area contributed by atoms with Crippen LogP contribution < -0.4 is 9.47 Å². The van der Waals surface area contributed by atoms with Gasteiger partial charge in [-0.25, -0.2) is 9.97 Å². The van der Waals surface area contributed by atoms with Crippen molar-refractivity contribution in [3.05, 3.63) is 36.7 Å². The molecule has 0 fully saturated rings. The van der Waals surface area contributed by atoms with Gasteiger partial charge in [-0.15, -0.1) is 0 Å². The van der Waals surface area contributed by atoms with Crippen LogP contribution in [0.3, 0.4) is 0 Å². The largest absolute Gasteiger partial charge is 0.494 e. The summed E-state index contributed by atoms with van der Waals surface area (Å²) in [5.41, 5.74) is 2.55. The minimum absolute atomic E-state index is 0.719. The van der Waals surface area contributed by atoms with E-state index in [2.05, 4.69) is 49.6 Å². The molecule has 2 aromatic rings. The Morgan fingerprint density at radius 2 is 1.11 bits per heavy atom. The summed E-state index contributed by atoms with van der Waals surface area (Å²) >= 11 is 0. The van der Waals surface area contributed by atoms with Crippen molar-refractivity contribution < 1.29 is 9.47 Å². The highest BCUT2D eigenvalue weighted by Gasteiger charge is 2.27. The summed E-state index contributed by atoms with van der Waals surface area (Å²) in [5.74, 6) is 2.39. The second-order valence-electron chi connectivity index (χ2n) is 13.0. The van der Waals surface area contributed by atoms with Crippen LogP contribution in [0.15, 0.2) is 36.7 Å².